The van der Waals surface area contributed by atoms with Gasteiger partial charge in [0.15, 0.2) is 0 Å². The lowest BCUT2D eigenvalue weighted by molar-refractivity contribution is 0.291. The van der Waals surface area contributed by atoms with Crippen LogP contribution in [0.5, 0.6) is 5.75 Å². The minimum absolute atomic E-state index is 0.390. The summed E-state index contributed by atoms with van der Waals surface area (Å²) in [7, 11) is 0. The molecular weight excluding hydrogens is 246 g/mol. The van der Waals surface area contributed by atoms with E-state index >= 15 is 0 Å². The minimum atomic E-state index is 0.390. The average Bonchev–Trinajstić information content (AvgIpc) is 2.68. The van der Waals surface area contributed by atoms with E-state index in [1.165, 1.54) is 16.7 Å². The minimum Gasteiger partial charge on any atom is -0.508 e. The molecule has 0 unspecified atom stereocenters. The van der Waals surface area contributed by atoms with Gasteiger partial charge in [-0.2, -0.15) is 0 Å². The fraction of sp³-hybridized carbons (Fsp3) is 0.333. The maximum atomic E-state index is 9.58. The number of fused-ring (bicyclic) bond motifs is 1. The first-order valence-electron chi connectivity index (χ1n) is 7.38. The SMILES string of the molecule is Oc1ccc2c(c1)CCN(CCc1ccccc1)CC2. The zero-order chi connectivity index (χ0) is 13.8. The molecule has 104 valence electrons. The Morgan fingerprint density at radius 2 is 1.65 bits per heavy atom. The fourth-order valence-electron chi connectivity index (χ4n) is 2.91. The maximum absolute atomic E-state index is 9.58. The van der Waals surface area contributed by atoms with Crippen molar-refractivity contribution in [3.05, 3.63) is 65.2 Å². The second-order valence-electron chi connectivity index (χ2n) is 5.53. The van der Waals surface area contributed by atoms with Gasteiger partial charge >= 0.3 is 0 Å². The van der Waals surface area contributed by atoms with Crippen molar-refractivity contribution in [3.63, 3.8) is 0 Å². The number of hydrogen-bond donors (Lipinski definition) is 1. The van der Waals surface area contributed by atoms with Crippen LogP contribution in [-0.4, -0.2) is 29.6 Å². The Labute approximate surface area is 120 Å². The van der Waals surface area contributed by atoms with E-state index < -0.39 is 0 Å². The van der Waals surface area contributed by atoms with Crippen molar-refractivity contribution in [2.45, 2.75) is 19.3 Å². The fourth-order valence-corrected chi connectivity index (χ4v) is 2.91. The van der Waals surface area contributed by atoms with Gasteiger partial charge in [0.1, 0.15) is 5.75 Å². The zero-order valence-corrected chi connectivity index (χ0v) is 11.8. The van der Waals surface area contributed by atoms with Crippen molar-refractivity contribution in [1.82, 2.24) is 4.90 Å². The first kappa shape index (κ1) is 13.2. The highest BCUT2D eigenvalue weighted by molar-refractivity contribution is 5.36. The van der Waals surface area contributed by atoms with Crippen LogP contribution in [0, 0.1) is 0 Å². The molecule has 0 aromatic heterocycles. The van der Waals surface area contributed by atoms with Crippen LogP contribution in [0.25, 0.3) is 0 Å². The Bertz CT molecular complexity index is 565. The molecule has 0 atom stereocenters. The summed E-state index contributed by atoms with van der Waals surface area (Å²) < 4.78 is 0. The normalized spacial score (nSPS) is 15.6. The van der Waals surface area contributed by atoms with Crippen molar-refractivity contribution in [1.29, 1.82) is 0 Å². The van der Waals surface area contributed by atoms with Crippen molar-refractivity contribution >= 4 is 0 Å². The maximum Gasteiger partial charge on any atom is 0.115 e. The van der Waals surface area contributed by atoms with Crippen molar-refractivity contribution in [2.24, 2.45) is 0 Å². The molecule has 20 heavy (non-hydrogen) atoms. The van der Waals surface area contributed by atoms with Gasteiger partial charge in [-0.15, -0.1) is 0 Å². The van der Waals surface area contributed by atoms with Gasteiger partial charge in [-0.1, -0.05) is 36.4 Å². The molecule has 0 saturated carbocycles. The molecule has 2 nitrogen and oxygen atoms in total. The van der Waals surface area contributed by atoms with Crippen molar-refractivity contribution in [3.8, 4) is 5.75 Å². The van der Waals surface area contributed by atoms with Gasteiger partial charge in [-0.05, 0) is 48.1 Å². The number of benzene rings is 2. The van der Waals surface area contributed by atoms with Crippen molar-refractivity contribution < 1.29 is 5.11 Å². The molecule has 0 spiro atoms. The van der Waals surface area contributed by atoms with Crippen LogP contribution in [0.2, 0.25) is 0 Å². The van der Waals surface area contributed by atoms with E-state index in [1.54, 1.807) is 6.07 Å². The number of hydrogen-bond acceptors (Lipinski definition) is 2. The number of aromatic hydroxyl groups is 1. The van der Waals surface area contributed by atoms with Crippen LogP contribution in [0.15, 0.2) is 48.5 Å². The van der Waals surface area contributed by atoms with E-state index in [0.29, 0.717) is 5.75 Å². The zero-order valence-electron chi connectivity index (χ0n) is 11.8. The van der Waals surface area contributed by atoms with Gasteiger partial charge in [0.05, 0.1) is 0 Å². The summed E-state index contributed by atoms with van der Waals surface area (Å²) in [6, 6.07) is 16.5. The summed E-state index contributed by atoms with van der Waals surface area (Å²) in [6.45, 7) is 3.32. The molecule has 0 bridgehead atoms. The third-order valence-electron chi connectivity index (χ3n) is 4.14. The molecule has 2 heteroatoms. The third-order valence-corrected chi connectivity index (χ3v) is 4.14. The highest BCUT2D eigenvalue weighted by atomic mass is 16.3. The molecule has 0 radical (unpaired) electrons. The predicted octanol–water partition coefficient (Wildman–Crippen LogP) is 3.04. The summed E-state index contributed by atoms with van der Waals surface area (Å²) in [4.78, 5) is 2.53. The summed E-state index contributed by atoms with van der Waals surface area (Å²) >= 11 is 0. The molecule has 0 amide bonds. The molecule has 1 aliphatic rings. The molecular formula is C18H21NO. The quantitative estimate of drug-likeness (QED) is 0.924. The van der Waals surface area contributed by atoms with Crippen molar-refractivity contribution in [2.75, 3.05) is 19.6 Å². The van der Waals surface area contributed by atoms with E-state index in [4.69, 9.17) is 0 Å². The van der Waals surface area contributed by atoms with Crippen LogP contribution in [0.4, 0.5) is 0 Å². The Hall–Kier alpha value is -1.80. The second kappa shape index (κ2) is 6.10. The highest BCUT2D eigenvalue weighted by Gasteiger charge is 2.14. The summed E-state index contributed by atoms with van der Waals surface area (Å²) in [5.41, 5.74) is 4.11. The molecule has 1 heterocycles. The van der Waals surface area contributed by atoms with Gasteiger partial charge in [0.2, 0.25) is 0 Å². The van der Waals surface area contributed by atoms with E-state index in [0.717, 1.165) is 38.9 Å². The van der Waals surface area contributed by atoms with Gasteiger partial charge in [-0.25, -0.2) is 0 Å². The number of nitrogens with zero attached hydrogens (tertiary/aromatic N) is 1. The first-order valence-corrected chi connectivity index (χ1v) is 7.38. The molecule has 1 aliphatic heterocycles. The second-order valence-corrected chi connectivity index (χ2v) is 5.53. The van der Waals surface area contributed by atoms with Crippen LogP contribution < -0.4 is 0 Å². The predicted molar refractivity (Wildman–Crippen MR) is 82.1 cm³/mol. The molecule has 2 aromatic rings. The van der Waals surface area contributed by atoms with Gasteiger partial charge in [-0.3, -0.25) is 0 Å². The topological polar surface area (TPSA) is 23.5 Å². The van der Waals surface area contributed by atoms with Crippen LogP contribution in [0.3, 0.4) is 0 Å². The standard InChI is InChI=1S/C18H21NO/c20-18-7-6-16-9-12-19(13-10-17(16)14-18)11-8-15-4-2-1-3-5-15/h1-7,14,20H,8-13H2. The number of phenolic OH excluding ortho intramolecular Hbond substituents is 1. The Kier molecular flexibility index (Phi) is 4.03. The smallest absolute Gasteiger partial charge is 0.115 e. The summed E-state index contributed by atoms with van der Waals surface area (Å²) in [5.74, 6) is 0.390. The van der Waals surface area contributed by atoms with E-state index in [1.807, 2.05) is 6.07 Å². The molecule has 0 aliphatic carbocycles. The monoisotopic (exact) mass is 267 g/mol. The lowest BCUT2D eigenvalue weighted by Crippen LogP contribution is -2.28. The lowest BCUT2D eigenvalue weighted by Gasteiger charge is -2.19. The summed E-state index contributed by atoms with van der Waals surface area (Å²) in [5, 5.41) is 9.58. The van der Waals surface area contributed by atoms with E-state index in [2.05, 4.69) is 41.3 Å². The Morgan fingerprint density at radius 3 is 2.45 bits per heavy atom. The molecule has 0 saturated heterocycles. The Balaban J connectivity index is 1.59. The molecule has 1 N–H and O–H groups in total. The number of rotatable bonds is 3. The van der Waals surface area contributed by atoms with Crippen LogP contribution in [-0.2, 0) is 19.3 Å². The third kappa shape index (κ3) is 3.20. The van der Waals surface area contributed by atoms with Gasteiger partial charge in [0.25, 0.3) is 0 Å². The summed E-state index contributed by atoms with van der Waals surface area (Å²) in [6.07, 6.45) is 3.24. The molecule has 2 aromatic carbocycles. The average molecular weight is 267 g/mol. The van der Waals surface area contributed by atoms with E-state index in [-0.39, 0.29) is 0 Å². The molecule has 0 fully saturated rings. The Morgan fingerprint density at radius 1 is 0.900 bits per heavy atom. The van der Waals surface area contributed by atoms with Gasteiger partial charge < -0.3 is 10.0 Å². The van der Waals surface area contributed by atoms with Gasteiger partial charge in [0, 0.05) is 19.6 Å². The molecule has 3 rings (SSSR count). The van der Waals surface area contributed by atoms with Crippen LogP contribution in [0.1, 0.15) is 16.7 Å². The number of phenols is 1. The van der Waals surface area contributed by atoms with Crippen LogP contribution >= 0.6 is 0 Å². The first-order chi connectivity index (χ1) is 9.81. The highest BCUT2D eigenvalue weighted by Crippen LogP contribution is 2.21. The van der Waals surface area contributed by atoms with E-state index in [9.17, 15) is 5.11 Å². The lowest BCUT2D eigenvalue weighted by atomic mass is 10.0. The largest absolute Gasteiger partial charge is 0.508 e.